The summed E-state index contributed by atoms with van der Waals surface area (Å²) in [6.45, 7) is 1.10. The van der Waals surface area contributed by atoms with Gasteiger partial charge in [0.05, 0.1) is 18.0 Å². The molecule has 31 heavy (non-hydrogen) atoms. The predicted molar refractivity (Wildman–Crippen MR) is 99.8 cm³/mol. The summed E-state index contributed by atoms with van der Waals surface area (Å²) < 4.78 is 52.6. The van der Waals surface area contributed by atoms with E-state index in [0.29, 0.717) is 0 Å². The Morgan fingerprint density at radius 2 is 1.90 bits per heavy atom. The second kappa shape index (κ2) is 8.60. The fraction of sp³-hybridized carbons (Fsp3) is 0.211. The maximum Gasteiger partial charge on any atom is 0.451 e. The Kier molecular flexibility index (Phi) is 6.11. The lowest BCUT2D eigenvalue weighted by molar-refractivity contribution is -0.144. The Bertz CT molecular complexity index is 1160. The second-order valence-electron chi connectivity index (χ2n) is 6.49. The molecule has 162 valence electrons. The van der Waals surface area contributed by atoms with Gasteiger partial charge < -0.3 is 10.4 Å². The van der Waals surface area contributed by atoms with Gasteiger partial charge in [0.2, 0.25) is 5.82 Å². The molecule has 2 heterocycles. The molecule has 2 aromatic heterocycles. The number of benzene rings is 1. The Labute approximate surface area is 172 Å². The zero-order valence-corrected chi connectivity index (χ0v) is 15.9. The monoisotopic (exact) mass is 437 g/mol. The lowest BCUT2D eigenvalue weighted by Crippen LogP contribution is -2.39. The minimum Gasteiger partial charge on any atom is -0.394 e. The van der Waals surface area contributed by atoms with Crippen LogP contribution in [0.4, 0.5) is 17.6 Å². The van der Waals surface area contributed by atoms with Crippen molar-refractivity contribution in [1.82, 2.24) is 25.1 Å². The van der Waals surface area contributed by atoms with Crippen LogP contribution in [0.3, 0.4) is 0 Å². The summed E-state index contributed by atoms with van der Waals surface area (Å²) in [5.41, 5.74) is -1.44. The number of aliphatic hydroxyl groups excluding tert-OH is 1. The van der Waals surface area contributed by atoms with Crippen LogP contribution in [0.1, 0.15) is 23.1 Å². The number of aliphatic hydroxyl groups is 1. The molecule has 12 heteroatoms. The van der Waals surface area contributed by atoms with Crippen molar-refractivity contribution in [2.75, 3.05) is 6.61 Å². The van der Waals surface area contributed by atoms with Gasteiger partial charge in [0.15, 0.2) is 0 Å². The minimum atomic E-state index is -4.75. The molecular weight excluding hydrogens is 422 g/mol. The van der Waals surface area contributed by atoms with Crippen molar-refractivity contribution in [3.05, 3.63) is 70.3 Å². The summed E-state index contributed by atoms with van der Waals surface area (Å²) in [6, 6.07) is 5.20. The van der Waals surface area contributed by atoms with Crippen molar-refractivity contribution in [3.8, 4) is 16.9 Å². The average Bonchev–Trinajstić information content (AvgIpc) is 2.73. The highest BCUT2D eigenvalue weighted by molar-refractivity contribution is 5.95. The van der Waals surface area contributed by atoms with Gasteiger partial charge in [-0.3, -0.25) is 9.59 Å². The molecule has 0 unspecified atom stereocenters. The quantitative estimate of drug-likeness (QED) is 0.591. The summed E-state index contributed by atoms with van der Waals surface area (Å²) in [7, 11) is 0. The third kappa shape index (κ3) is 4.91. The van der Waals surface area contributed by atoms with Gasteiger partial charge in [0, 0.05) is 24.0 Å². The fourth-order valence-electron chi connectivity index (χ4n) is 2.54. The lowest BCUT2D eigenvalue weighted by Gasteiger charge is -2.13. The summed E-state index contributed by atoms with van der Waals surface area (Å²) in [5.74, 6) is -2.90. The number of amides is 1. The van der Waals surface area contributed by atoms with Gasteiger partial charge in [-0.1, -0.05) is 6.07 Å². The number of carbonyl (C=O) groups is 1. The van der Waals surface area contributed by atoms with Crippen LogP contribution < -0.4 is 10.9 Å². The fourth-order valence-corrected chi connectivity index (χ4v) is 2.54. The Morgan fingerprint density at radius 3 is 2.48 bits per heavy atom. The van der Waals surface area contributed by atoms with E-state index in [0.717, 1.165) is 35.3 Å². The number of nitrogens with one attached hydrogen (secondary N) is 1. The molecule has 8 nitrogen and oxygen atoms in total. The highest BCUT2D eigenvalue weighted by Gasteiger charge is 2.34. The molecule has 2 N–H and O–H groups in total. The maximum absolute atomic E-state index is 13.7. The minimum absolute atomic E-state index is 0.0102. The lowest BCUT2D eigenvalue weighted by atomic mass is 10.1. The third-order valence-electron chi connectivity index (χ3n) is 4.06. The van der Waals surface area contributed by atoms with E-state index in [1.54, 1.807) is 0 Å². The Hall–Kier alpha value is -3.67. The van der Waals surface area contributed by atoms with Crippen LogP contribution in [-0.2, 0) is 6.18 Å². The highest BCUT2D eigenvalue weighted by Crippen LogP contribution is 2.26. The van der Waals surface area contributed by atoms with Crippen molar-refractivity contribution in [2.45, 2.75) is 19.1 Å². The number of alkyl halides is 3. The van der Waals surface area contributed by atoms with E-state index in [-0.39, 0.29) is 16.9 Å². The molecule has 1 amide bonds. The summed E-state index contributed by atoms with van der Waals surface area (Å²) in [4.78, 5) is 31.9. The van der Waals surface area contributed by atoms with Crippen molar-refractivity contribution in [3.63, 3.8) is 0 Å². The van der Waals surface area contributed by atoms with Crippen LogP contribution >= 0.6 is 0 Å². The SMILES string of the molecule is C[C@@H](CO)NC(=O)c1cc(-c2cnc(C(F)(F)F)nc2)nn(-c2cccc(F)c2)c1=O. The molecule has 1 atom stereocenters. The van der Waals surface area contributed by atoms with Crippen molar-refractivity contribution in [1.29, 1.82) is 0 Å². The zero-order valence-electron chi connectivity index (χ0n) is 15.9. The molecule has 0 radical (unpaired) electrons. The average molecular weight is 437 g/mol. The Morgan fingerprint density at radius 1 is 1.23 bits per heavy atom. The van der Waals surface area contributed by atoms with Crippen LogP contribution in [0, 0.1) is 5.82 Å². The summed E-state index contributed by atoms with van der Waals surface area (Å²) >= 11 is 0. The first-order chi connectivity index (χ1) is 14.6. The number of hydrogen-bond acceptors (Lipinski definition) is 6. The van der Waals surface area contributed by atoms with E-state index in [4.69, 9.17) is 5.11 Å². The number of aromatic nitrogens is 4. The van der Waals surface area contributed by atoms with Crippen LogP contribution in [0.15, 0.2) is 47.5 Å². The predicted octanol–water partition coefficient (Wildman–Crippen LogP) is 1.96. The number of nitrogens with zero attached hydrogens (tertiary/aromatic N) is 4. The van der Waals surface area contributed by atoms with E-state index in [2.05, 4.69) is 20.4 Å². The van der Waals surface area contributed by atoms with E-state index < -0.39 is 47.5 Å². The molecule has 0 bridgehead atoms. The molecule has 0 saturated heterocycles. The molecular formula is C19H15F4N5O3. The topological polar surface area (TPSA) is 110 Å². The zero-order chi connectivity index (χ0) is 22.8. The first kappa shape index (κ1) is 22.0. The van der Waals surface area contributed by atoms with Gasteiger partial charge in [-0.25, -0.2) is 14.4 Å². The van der Waals surface area contributed by atoms with E-state index in [9.17, 15) is 27.2 Å². The standard InChI is InChI=1S/C19H15F4N5O3/c1-10(9-29)26-16(30)14-6-15(11-7-24-18(25-8-11)19(21,22)23)27-28(17(14)31)13-4-2-3-12(20)5-13/h2-8,10,29H,9H2,1H3,(H,26,30)/t10-/m0/s1. The van der Waals surface area contributed by atoms with Crippen molar-refractivity contribution < 1.29 is 27.5 Å². The molecule has 3 aromatic rings. The molecule has 0 aliphatic rings. The van der Waals surface area contributed by atoms with E-state index in [1.165, 1.54) is 19.1 Å². The van der Waals surface area contributed by atoms with Gasteiger partial charge in [0.1, 0.15) is 11.4 Å². The molecule has 0 spiro atoms. The van der Waals surface area contributed by atoms with Crippen LogP contribution in [0.2, 0.25) is 0 Å². The molecule has 0 aliphatic carbocycles. The van der Waals surface area contributed by atoms with Gasteiger partial charge >= 0.3 is 6.18 Å². The Balaban J connectivity index is 2.17. The molecule has 0 fully saturated rings. The van der Waals surface area contributed by atoms with Crippen molar-refractivity contribution in [2.24, 2.45) is 0 Å². The number of rotatable bonds is 5. The van der Waals surface area contributed by atoms with Crippen LogP contribution in [0.25, 0.3) is 16.9 Å². The van der Waals surface area contributed by atoms with Gasteiger partial charge in [-0.2, -0.15) is 23.0 Å². The second-order valence-corrected chi connectivity index (χ2v) is 6.49. The number of halogens is 4. The maximum atomic E-state index is 13.7. The summed E-state index contributed by atoms with van der Waals surface area (Å²) in [6.07, 6.45) is -3.06. The van der Waals surface area contributed by atoms with Crippen molar-refractivity contribution >= 4 is 5.91 Å². The molecule has 0 aliphatic heterocycles. The molecule has 1 aromatic carbocycles. The van der Waals surface area contributed by atoms with Gasteiger partial charge in [-0.05, 0) is 31.2 Å². The highest BCUT2D eigenvalue weighted by atomic mass is 19.4. The molecule has 0 saturated carbocycles. The van der Waals surface area contributed by atoms with E-state index in [1.807, 2.05) is 0 Å². The number of hydrogen-bond donors (Lipinski definition) is 2. The van der Waals surface area contributed by atoms with Crippen LogP contribution in [0.5, 0.6) is 0 Å². The normalized spacial score (nSPS) is 12.5. The van der Waals surface area contributed by atoms with E-state index >= 15 is 0 Å². The first-order valence-electron chi connectivity index (χ1n) is 8.82. The number of carbonyl (C=O) groups excluding carboxylic acids is 1. The third-order valence-corrected chi connectivity index (χ3v) is 4.06. The van der Waals surface area contributed by atoms with Gasteiger partial charge in [0.25, 0.3) is 11.5 Å². The smallest absolute Gasteiger partial charge is 0.394 e. The first-order valence-corrected chi connectivity index (χ1v) is 8.82. The largest absolute Gasteiger partial charge is 0.451 e. The van der Waals surface area contributed by atoms with Gasteiger partial charge in [-0.15, -0.1) is 0 Å². The van der Waals surface area contributed by atoms with Crippen LogP contribution in [-0.4, -0.2) is 43.4 Å². The molecule has 3 rings (SSSR count). The summed E-state index contributed by atoms with van der Waals surface area (Å²) in [5, 5.41) is 15.6.